The van der Waals surface area contributed by atoms with E-state index in [0.717, 1.165) is 0 Å². The SMILES string of the molecule is Cn1cc(C(F)F)nn1. The topological polar surface area (TPSA) is 30.7 Å². The summed E-state index contributed by atoms with van der Waals surface area (Å²) in [5, 5.41) is 6.50. The first kappa shape index (κ1) is 6.12. The Bertz CT molecular complexity index is 195. The molecule has 0 unspecified atom stereocenters. The van der Waals surface area contributed by atoms with Gasteiger partial charge in [0.25, 0.3) is 6.43 Å². The zero-order valence-electron chi connectivity index (χ0n) is 4.75. The molecule has 1 rings (SSSR count). The fraction of sp³-hybridized carbons (Fsp3) is 0.500. The number of rotatable bonds is 1. The van der Waals surface area contributed by atoms with Crippen molar-refractivity contribution in [3.05, 3.63) is 11.9 Å². The van der Waals surface area contributed by atoms with Crippen molar-refractivity contribution in [2.24, 2.45) is 7.05 Å². The third-order valence-corrected chi connectivity index (χ3v) is 0.844. The predicted molar refractivity (Wildman–Crippen MR) is 26.0 cm³/mol. The second-order valence-corrected chi connectivity index (χ2v) is 1.62. The van der Waals surface area contributed by atoms with Crippen LogP contribution < -0.4 is 0 Å². The summed E-state index contributed by atoms with van der Waals surface area (Å²) in [5.41, 5.74) is -0.280. The van der Waals surface area contributed by atoms with E-state index in [1.165, 1.54) is 10.9 Å². The van der Waals surface area contributed by atoms with Crippen LogP contribution in [0.25, 0.3) is 0 Å². The fourth-order valence-electron chi connectivity index (χ4n) is 0.465. The van der Waals surface area contributed by atoms with E-state index < -0.39 is 6.43 Å². The van der Waals surface area contributed by atoms with Crippen molar-refractivity contribution in [2.45, 2.75) is 6.43 Å². The van der Waals surface area contributed by atoms with E-state index in [-0.39, 0.29) is 5.69 Å². The number of halogens is 2. The number of nitrogens with zero attached hydrogens (tertiary/aromatic N) is 3. The molecule has 0 aliphatic rings. The summed E-state index contributed by atoms with van der Waals surface area (Å²) in [4.78, 5) is 0. The molecule has 0 aliphatic carbocycles. The molecule has 0 atom stereocenters. The van der Waals surface area contributed by atoms with Crippen LogP contribution in [0.5, 0.6) is 0 Å². The smallest absolute Gasteiger partial charge is 0.255 e. The molecule has 0 amide bonds. The summed E-state index contributed by atoms with van der Waals surface area (Å²) in [6.45, 7) is 0. The summed E-state index contributed by atoms with van der Waals surface area (Å²) >= 11 is 0. The maximum atomic E-state index is 11.7. The molecule has 1 heterocycles. The molecule has 1 aromatic rings. The maximum absolute atomic E-state index is 11.7. The zero-order chi connectivity index (χ0) is 6.85. The average molecular weight is 133 g/mol. The molecular weight excluding hydrogens is 128 g/mol. The van der Waals surface area contributed by atoms with Gasteiger partial charge in [0, 0.05) is 7.05 Å². The molecule has 0 radical (unpaired) electrons. The molecule has 0 aliphatic heterocycles. The minimum atomic E-state index is -2.52. The molecule has 1 aromatic heterocycles. The third kappa shape index (κ3) is 1.22. The van der Waals surface area contributed by atoms with Gasteiger partial charge in [-0.1, -0.05) is 5.21 Å². The van der Waals surface area contributed by atoms with E-state index in [1.54, 1.807) is 7.05 Å². The Morgan fingerprint density at radius 1 is 1.67 bits per heavy atom. The van der Waals surface area contributed by atoms with Crippen LogP contribution in [-0.2, 0) is 7.05 Å². The van der Waals surface area contributed by atoms with Gasteiger partial charge in [-0.25, -0.2) is 8.78 Å². The van der Waals surface area contributed by atoms with Crippen molar-refractivity contribution in [3.63, 3.8) is 0 Å². The van der Waals surface area contributed by atoms with E-state index in [2.05, 4.69) is 10.3 Å². The molecule has 0 aromatic carbocycles. The van der Waals surface area contributed by atoms with Gasteiger partial charge in [-0.2, -0.15) is 0 Å². The number of hydrogen-bond donors (Lipinski definition) is 0. The summed E-state index contributed by atoms with van der Waals surface area (Å²) in [7, 11) is 1.54. The number of hydrogen-bond acceptors (Lipinski definition) is 2. The van der Waals surface area contributed by atoms with E-state index in [0.29, 0.717) is 0 Å². The Labute approximate surface area is 50.3 Å². The van der Waals surface area contributed by atoms with Gasteiger partial charge < -0.3 is 0 Å². The monoisotopic (exact) mass is 133 g/mol. The first-order valence-electron chi connectivity index (χ1n) is 2.34. The quantitative estimate of drug-likeness (QED) is 0.566. The van der Waals surface area contributed by atoms with Crippen molar-refractivity contribution >= 4 is 0 Å². The lowest BCUT2D eigenvalue weighted by atomic mass is 10.5. The molecule has 0 bridgehead atoms. The number of aryl methyl sites for hydroxylation is 1. The second kappa shape index (κ2) is 2.08. The zero-order valence-corrected chi connectivity index (χ0v) is 4.75. The van der Waals surface area contributed by atoms with Gasteiger partial charge >= 0.3 is 0 Å². The van der Waals surface area contributed by atoms with Crippen LogP contribution in [0.15, 0.2) is 6.20 Å². The maximum Gasteiger partial charge on any atom is 0.283 e. The second-order valence-electron chi connectivity index (χ2n) is 1.62. The number of alkyl halides is 2. The van der Waals surface area contributed by atoms with Gasteiger partial charge in [-0.05, 0) is 0 Å². The largest absolute Gasteiger partial charge is 0.283 e. The molecule has 5 heteroatoms. The van der Waals surface area contributed by atoms with Gasteiger partial charge in [0.2, 0.25) is 0 Å². The van der Waals surface area contributed by atoms with Crippen LogP contribution in [0.3, 0.4) is 0 Å². The summed E-state index contributed by atoms with van der Waals surface area (Å²) in [6.07, 6.45) is -1.33. The van der Waals surface area contributed by atoms with Crippen molar-refractivity contribution in [1.29, 1.82) is 0 Å². The molecule has 3 nitrogen and oxygen atoms in total. The Hall–Kier alpha value is -1.00. The van der Waals surface area contributed by atoms with Crippen LogP contribution in [0.2, 0.25) is 0 Å². The van der Waals surface area contributed by atoms with Crippen molar-refractivity contribution in [2.75, 3.05) is 0 Å². The first-order chi connectivity index (χ1) is 4.20. The molecule has 0 spiro atoms. The minimum absolute atomic E-state index is 0.280. The number of aromatic nitrogens is 3. The molecule has 0 saturated carbocycles. The van der Waals surface area contributed by atoms with Crippen LogP contribution in [0.1, 0.15) is 12.1 Å². The Morgan fingerprint density at radius 2 is 2.33 bits per heavy atom. The van der Waals surface area contributed by atoms with Gasteiger partial charge in [-0.3, -0.25) is 4.68 Å². The Morgan fingerprint density at radius 3 is 2.56 bits per heavy atom. The van der Waals surface area contributed by atoms with Crippen molar-refractivity contribution in [3.8, 4) is 0 Å². The van der Waals surface area contributed by atoms with E-state index in [9.17, 15) is 8.78 Å². The fourth-order valence-corrected chi connectivity index (χ4v) is 0.465. The lowest BCUT2D eigenvalue weighted by Crippen LogP contribution is -1.85. The molecule has 50 valence electrons. The highest BCUT2D eigenvalue weighted by Crippen LogP contribution is 2.13. The molecular formula is C4H5F2N3. The molecule has 0 fully saturated rings. The Kier molecular flexibility index (Phi) is 1.42. The van der Waals surface area contributed by atoms with Gasteiger partial charge in [-0.15, -0.1) is 5.10 Å². The van der Waals surface area contributed by atoms with Crippen LogP contribution >= 0.6 is 0 Å². The lowest BCUT2D eigenvalue weighted by Gasteiger charge is -1.85. The third-order valence-electron chi connectivity index (χ3n) is 0.844. The standard InChI is InChI=1S/C4H5F2N3/c1-9-2-3(4(5)6)7-8-9/h2,4H,1H3. The first-order valence-corrected chi connectivity index (χ1v) is 2.34. The predicted octanol–water partition coefficient (Wildman–Crippen LogP) is 0.753. The van der Waals surface area contributed by atoms with E-state index in [1.807, 2.05) is 0 Å². The molecule has 0 N–H and O–H groups in total. The van der Waals surface area contributed by atoms with Crippen LogP contribution in [0, 0.1) is 0 Å². The normalized spacial score (nSPS) is 10.7. The van der Waals surface area contributed by atoms with Gasteiger partial charge in [0.1, 0.15) is 5.69 Å². The van der Waals surface area contributed by atoms with Crippen LogP contribution in [0.4, 0.5) is 8.78 Å². The molecule has 9 heavy (non-hydrogen) atoms. The van der Waals surface area contributed by atoms with E-state index >= 15 is 0 Å². The summed E-state index contributed by atoms with van der Waals surface area (Å²) in [6, 6.07) is 0. The lowest BCUT2D eigenvalue weighted by molar-refractivity contribution is 0.146. The average Bonchev–Trinajstić information content (AvgIpc) is 2.14. The minimum Gasteiger partial charge on any atom is -0.255 e. The van der Waals surface area contributed by atoms with Crippen molar-refractivity contribution < 1.29 is 8.78 Å². The summed E-state index contributed by atoms with van der Waals surface area (Å²) in [5.74, 6) is 0. The highest BCUT2D eigenvalue weighted by Gasteiger charge is 2.09. The highest BCUT2D eigenvalue weighted by molar-refractivity contribution is 4.92. The van der Waals surface area contributed by atoms with Crippen molar-refractivity contribution in [1.82, 2.24) is 15.0 Å². The Balaban J connectivity index is 2.85. The molecule has 0 saturated heterocycles. The highest BCUT2D eigenvalue weighted by atomic mass is 19.3. The van der Waals surface area contributed by atoms with Gasteiger partial charge in [0.15, 0.2) is 0 Å². The van der Waals surface area contributed by atoms with Gasteiger partial charge in [0.05, 0.1) is 6.20 Å². The van der Waals surface area contributed by atoms with Crippen LogP contribution in [-0.4, -0.2) is 15.0 Å². The summed E-state index contributed by atoms with van der Waals surface area (Å²) < 4.78 is 24.6. The van der Waals surface area contributed by atoms with E-state index in [4.69, 9.17) is 0 Å².